The lowest BCUT2D eigenvalue weighted by molar-refractivity contribution is -0.135. The molecule has 0 aliphatic carbocycles. The molecule has 0 amide bonds. The van der Waals surface area contributed by atoms with Crippen LogP contribution in [0.15, 0.2) is 18.3 Å². The van der Waals surface area contributed by atoms with Gasteiger partial charge in [0.2, 0.25) is 0 Å². The van der Waals surface area contributed by atoms with Crippen molar-refractivity contribution in [3.8, 4) is 0 Å². The van der Waals surface area contributed by atoms with Gasteiger partial charge in [0.15, 0.2) is 0 Å². The Morgan fingerprint density at radius 3 is 2.65 bits per heavy atom. The van der Waals surface area contributed by atoms with Crippen molar-refractivity contribution in [1.29, 1.82) is 0 Å². The molecule has 0 saturated heterocycles. The number of nitrogens with one attached hydrogen (secondary N) is 1. The third-order valence-corrected chi connectivity index (χ3v) is 2.42. The zero-order chi connectivity index (χ0) is 12.9. The van der Waals surface area contributed by atoms with Crippen LogP contribution in [0.25, 0.3) is 0 Å². The zero-order valence-electron chi connectivity index (χ0n) is 9.39. The third kappa shape index (κ3) is 4.68. The average molecular weight is 250 g/mol. The van der Waals surface area contributed by atoms with Crippen molar-refractivity contribution in [1.82, 2.24) is 10.3 Å². The number of aromatic nitrogens is 1. The van der Waals surface area contributed by atoms with E-state index in [9.17, 15) is 17.6 Å². The summed E-state index contributed by atoms with van der Waals surface area (Å²) < 4.78 is 49.3. The third-order valence-electron chi connectivity index (χ3n) is 2.42. The first-order valence-corrected chi connectivity index (χ1v) is 5.28. The number of alkyl halides is 3. The molecule has 0 aliphatic heterocycles. The number of rotatable bonds is 5. The van der Waals surface area contributed by atoms with Crippen LogP contribution in [0.3, 0.4) is 0 Å². The smallest absolute Gasteiger partial charge is 0.312 e. The van der Waals surface area contributed by atoms with Crippen molar-refractivity contribution in [2.45, 2.75) is 31.5 Å². The van der Waals surface area contributed by atoms with Crippen LogP contribution in [0.5, 0.6) is 0 Å². The Morgan fingerprint density at radius 2 is 2.12 bits per heavy atom. The van der Waals surface area contributed by atoms with Crippen LogP contribution < -0.4 is 5.32 Å². The molecular formula is C11H14F4N2. The highest BCUT2D eigenvalue weighted by molar-refractivity contribution is 5.11. The molecule has 0 saturated carbocycles. The standard InChI is InChI=1S/C11H14F4N2/c1-16-9(5-2-6-11(13,14)15)10-8(12)4-3-7-17-10/h3-4,7,9,16H,2,5-6H2,1H3. The maximum Gasteiger partial charge on any atom is 0.389 e. The fourth-order valence-electron chi connectivity index (χ4n) is 1.58. The fourth-order valence-corrected chi connectivity index (χ4v) is 1.58. The molecule has 1 N–H and O–H groups in total. The van der Waals surface area contributed by atoms with E-state index in [4.69, 9.17) is 0 Å². The Kier molecular flexibility index (Phi) is 4.86. The second-order valence-corrected chi connectivity index (χ2v) is 3.72. The van der Waals surface area contributed by atoms with Gasteiger partial charge in [0.25, 0.3) is 0 Å². The second-order valence-electron chi connectivity index (χ2n) is 3.72. The number of pyridine rings is 1. The normalized spacial score (nSPS) is 13.7. The Bertz CT molecular complexity index is 352. The monoisotopic (exact) mass is 250 g/mol. The molecule has 96 valence electrons. The molecule has 0 aliphatic rings. The van der Waals surface area contributed by atoms with E-state index in [1.54, 1.807) is 7.05 Å². The van der Waals surface area contributed by atoms with E-state index in [-0.39, 0.29) is 18.5 Å². The maximum atomic E-state index is 13.4. The highest BCUT2D eigenvalue weighted by Gasteiger charge is 2.27. The average Bonchev–Trinajstić information content (AvgIpc) is 2.24. The van der Waals surface area contributed by atoms with Gasteiger partial charge in [-0.05, 0) is 32.0 Å². The molecule has 1 aromatic rings. The molecular weight excluding hydrogens is 236 g/mol. The lowest BCUT2D eigenvalue weighted by Gasteiger charge is -2.16. The van der Waals surface area contributed by atoms with Crippen molar-refractivity contribution in [2.24, 2.45) is 0 Å². The summed E-state index contributed by atoms with van der Waals surface area (Å²) >= 11 is 0. The summed E-state index contributed by atoms with van der Waals surface area (Å²) in [6, 6.07) is 2.20. The molecule has 0 fully saturated rings. The second kappa shape index (κ2) is 5.95. The predicted molar refractivity (Wildman–Crippen MR) is 55.9 cm³/mol. The van der Waals surface area contributed by atoms with Gasteiger partial charge in [0.1, 0.15) is 5.82 Å². The first-order valence-electron chi connectivity index (χ1n) is 5.28. The van der Waals surface area contributed by atoms with E-state index in [1.165, 1.54) is 18.3 Å². The minimum atomic E-state index is -4.17. The van der Waals surface area contributed by atoms with E-state index in [0.717, 1.165) is 0 Å². The van der Waals surface area contributed by atoms with Gasteiger partial charge in [-0.1, -0.05) is 0 Å². The van der Waals surface area contributed by atoms with Crippen LogP contribution in [-0.4, -0.2) is 18.2 Å². The number of hydrogen-bond donors (Lipinski definition) is 1. The first-order chi connectivity index (χ1) is 7.94. The van der Waals surface area contributed by atoms with Crippen molar-refractivity contribution < 1.29 is 17.6 Å². The summed E-state index contributed by atoms with van der Waals surface area (Å²) in [7, 11) is 1.58. The van der Waals surface area contributed by atoms with E-state index in [1.807, 2.05) is 0 Å². The maximum absolute atomic E-state index is 13.4. The molecule has 0 bridgehead atoms. The van der Waals surface area contributed by atoms with Gasteiger partial charge >= 0.3 is 6.18 Å². The van der Waals surface area contributed by atoms with Crippen molar-refractivity contribution in [2.75, 3.05) is 7.05 Å². The lowest BCUT2D eigenvalue weighted by atomic mass is 10.1. The molecule has 1 rings (SSSR count). The SMILES string of the molecule is CNC(CCCC(F)(F)F)c1ncccc1F. The summed E-state index contributed by atoms with van der Waals surface area (Å²) in [5.41, 5.74) is 0.164. The number of hydrogen-bond acceptors (Lipinski definition) is 2. The zero-order valence-corrected chi connectivity index (χ0v) is 9.39. The first kappa shape index (κ1) is 13.9. The molecule has 1 unspecified atom stereocenters. The van der Waals surface area contributed by atoms with Crippen LogP contribution >= 0.6 is 0 Å². The molecule has 1 heterocycles. The molecule has 0 spiro atoms. The Balaban J connectivity index is 2.58. The summed E-state index contributed by atoms with van der Waals surface area (Å²) in [6.45, 7) is 0. The Morgan fingerprint density at radius 1 is 1.41 bits per heavy atom. The Labute approximate surface area is 97.1 Å². The van der Waals surface area contributed by atoms with Gasteiger partial charge in [-0.25, -0.2) is 4.39 Å². The molecule has 0 aromatic carbocycles. The van der Waals surface area contributed by atoms with Crippen LogP contribution in [0.2, 0.25) is 0 Å². The summed E-state index contributed by atoms with van der Waals surface area (Å²) in [5.74, 6) is -0.501. The molecule has 17 heavy (non-hydrogen) atoms. The summed E-state index contributed by atoms with van der Waals surface area (Å²) in [6.07, 6.45) is -3.46. The van der Waals surface area contributed by atoms with Gasteiger partial charge < -0.3 is 5.32 Å². The summed E-state index contributed by atoms with van der Waals surface area (Å²) in [5, 5.41) is 2.78. The van der Waals surface area contributed by atoms with Crippen molar-refractivity contribution in [3.63, 3.8) is 0 Å². The topological polar surface area (TPSA) is 24.9 Å². The van der Waals surface area contributed by atoms with Crippen LogP contribution in [0.4, 0.5) is 17.6 Å². The van der Waals surface area contributed by atoms with Crippen LogP contribution in [0.1, 0.15) is 31.0 Å². The quantitative estimate of drug-likeness (QED) is 0.812. The van der Waals surface area contributed by atoms with Gasteiger partial charge in [-0.15, -0.1) is 0 Å². The van der Waals surface area contributed by atoms with Gasteiger partial charge in [-0.3, -0.25) is 4.98 Å². The highest BCUT2D eigenvalue weighted by atomic mass is 19.4. The minimum absolute atomic E-state index is 0.0506. The number of nitrogens with zero attached hydrogens (tertiary/aromatic N) is 1. The molecule has 0 radical (unpaired) electrons. The van der Waals surface area contributed by atoms with Gasteiger partial charge in [-0.2, -0.15) is 13.2 Å². The van der Waals surface area contributed by atoms with Crippen LogP contribution in [-0.2, 0) is 0 Å². The van der Waals surface area contributed by atoms with E-state index in [2.05, 4.69) is 10.3 Å². The van der Waals surface area contributed by atoms with Gasteiger partial charge in [0.05, 0.1) is 11.7 Å². The highest BCUT2D eigenvalue weighted by Crippen LogP contribution is 2.26. The van der Waals surface area contributed by atoms with Gasteiger partial charge in [0, 0.05) is 12.6 Å². The van der Waals surface area contributed by atoms with Crippen molar-refractivity contribution >= 4 is 0 Å². The van der Waals surface area contributed by atoms with E-state index < -0.39 is 24.5 Å². The molecule has 2 nitrogen and oxygen atoms in total. The van der Waals surface area contributed by atoms with E-state index in [0.29, 0.717) is 0 Å². The molecule has 6 heteroatoms. The van der Waals surface area contributed by atoms with Crippen LogP contribution in [0, 0.1) is 5.82 Å². The van der Waals surface area contributed by atoms with E-state index >= 15 is 0 Å². The number of halogens is 4. The fraction of sp³-hybridized carbons (Fsp3) is 0.545. The van der Waals surface area contributed by atoms with Crippen molar-refractivity contribution in [3.05, 3.63) is 29.8 Å². The Hall–Kier alpha value is -1.17. The molecule has 1 atom stereocenters. The lowest BCUT2D eigenvalue weighted by Crippen LogP contribution is -2.20. The largest absolute Gasteiger partial charge is 0.389 e. The molecule has 1 aromatic heterocycles. The minimum Gasteiger partial charge on any atom is -0.312 e. The predicted octanol–water partition coefficient (Wildman–Crippen LogP) is 3.21. The summed E-state index contributed by atoms with van der Waals surface area (Å²) in [4.78, 5) is 3.85.